The molecule has 2 unspecified atom stereocenters. The van der Waals surface area contributed by atoms with Crippen molar-refractivity contribution in [2.45, 2.75) is 103 Å². The third-order valence-corrected chi connectivity index (χ3v) is 6.56. The van der Waals surface area contributed by atoms with Crippen LogP contribution in [-0.2, 0) is 23.1 Å². The summed E-state index contributed by atoms with van der Waals surface area (Å²) in [6.45, 7) is 4.18. The van der Waals surface area contributed by atoms with Gasteiger partial charge in [-0.25, -0.2) is 0 Å². The number of aliphatic hydroxyl groups is 1. The Labute approximate surface area is 197 Å². The van der Waals surface area contributed by atoms with Crippen LogP contribution in [0.2, 0.25) is 0 Å². The first-order valence-electron chi connectivity index (χ1n) is 12.6. The minimum atomic E-state index is -3.22. The van der Waals surface area contributed by atoms with Crippen molar-refractivity contribution in [1.29, 1.82) is 0 Å². The molecule has 8 heteroatoms. The SMILES string of the molecule is CCCCCCCCCCCCCCCC(=O)OCC(O)COP(C)(=O)OCCN(C)C. The van der Waals surface area contributed by atoms with Crippen LogP contribution in [0.25, 0.3) is 0 Å². The second-order valence-corrected chi connectivity index (χ2v) is 11.1. The van der Waals surface area contributed by atoms with Gasteiger partial charge in [0.25, 0.3) is 0 Å². The highest BCUT2D eigenvalue weighted by atomic mass is 31.2. The summed E-state index contributed by atoms with van der Waals surface area (Å²) in [5, 5.41) is 9.87. The predicted octanol–water partition coefficient (Wildman–Crippen LogP) is 5.79. The van der Waals surface area contributed by atoms with Gasteiger partial charge in [0, 0.05) is 19.6 Å². The lowest BCUT2D eigenvalue weighted by Crippen LogP contribution is -2.23. The van der Waals surface area contributed by atoms with Crippen LogP contribution in [0.4, 0.5) is 0 Å². The van der Waals surface area contributed by atoms with Gasteiger partial charge in [-0.05, 0) is 20.5 Å². The molecule has 0 saturated carbocycles. The van der Waals surface area contributed by atoms with Crippen LogP contribution < -0.4 is 0 Å². The lowest BCUT2D eigenvalue weighted by molar-refractivity contribution is -0.147. The number of likely N-dealkylation sites (N-methyl/N-ethyl adjacent to an activating group) is 1. The molecule has 32 heavy (non-hydrogen) atoms. The maximum atomic E-state index is 12.1. The van der Waals surface area contributed by atoms with Gasteiger partial charge < -0.3 is 23.8 Å². The second-order valence-electron chi connectivity index (χ2n) is 9.03. The molecule has 0 aliphatic heterocycles. The minimum Gasteiger partial charge on any atom is -0.463 e. The summed E-state index contributed by atoms with van der Waals surface area (Å²) < 4.78 is 27.6. The van der Waals surface area contributed by atoms with E-state index < -0.39 is 13.7 Å². The van der Waals surface area contributed by atoms with E-state index >= 15 is 0 Å². The zero-order valence-electron chi connectivity index (χ0n) is 21.2. The second kappa shape index (κ2) is 21.1. The number of rotatable bonds is 23. The Balaban J connectivity index is 3.52. The third kappa shape index (κ3) is 22.7. The summed E-state index contributed by atoms with van der Waals surface area (Å²) in [5.41, 5.74) is 0. The van der Waals surface area contributed by atoms with Crippen molar-refractivity contribution < 1.29 is 28.3 Å². The number of nitrogens with zero attached hydrogens (tertiary/aromatic N) is 1. The fourth-order valence-electron chi connectivity index (χ4n) is 3.24. The van der Waals surface area contributed by atoms with Crippen molar-refractivity contribution in [3.63, 3.8) is 0 Å². The van der Waals surface area contributed by atoms with Crippen molar-refractivity contribution in [1.82, 2.24) is 4.90 Å². The molecule has 0 aromatic rings. The zero-order valence-corrected chi connectivity index (χ0v) is 22.1. The maximum Gasteiger partial charge on any atom is 0.327 e. The third-order valence-electron chi connectivity index (χ3n) is 5.29. The minimum absolute atomic E-state index is 0.158. The van der Waals surface area contributed by atoms with Gasteiger partial charge in [-0.1, -0.05) is 84.0 Å². The maximum absolute atomic E-state index is 12.1. The molecule has 0 aliphatic rings. The van der Waals surface area contributed by atoms with E-state index in [4.69, 9.17) is 13.8 Å². The van der Waals surface area contributed by atoms with E-state index in [-0.39, 0.29) is 25.8 Å². The van der Waals surface area contributed by atoms with Crippen LogP contribution in [0.3, 0.4) is 0 Å². The van der Waals surface area contributed by atoms with E-state index in [1.807, 2.05) is 19.0 Å². The number of aliphatic hydroxyl groups excluding tert-OH is 1. The fourth-order valence-corrected chi connectivity index (χ4v) is 4.18. The summed E-state index contributed by atoms with van der Waals surface area (Å²) in [6.07, 6.45) is 15.7. The molecule has 2 atom stereocenters. The smallest absolute Gasteiger partial charge is 0.327 e. The monoisotopic (exact) mass is 479 g/mol. The fraction of sp³-hybridized carbons (Fsp3) is 0.958. The first kappa shape index (κ1) is 31.5. The van der Waals surface area contributed by atoms with Crippen molar-refractivity contribution in [3.05, 3.63) is 0 Å². The normalized spacial score (nSPS) is 14.4. The van der Waals surface area contributed by atoms with Crippen LogP contribution in [0.1, 0.15) is 96.8 Å². The molecule has 0 aromatic carbocycles. The van der Waals surface area contributed by atoms with Crippen LogP contribution in [0.5, 0.6) is 0 Å². The van der Waals surface area contributed by atoms with Crippen LogP contribution >= 0.6 is 7.60 Å². The van der Waals surface area contributed by atoms with Crippen molar-refractivity contribution >= 4 is 13.6 Å². The van der Waals surface area contributed by atoms with Gasteiger partial charge in [0.05, 0.1) is 13.2 Å². The van der Waals surface area contributed by atoms with Gasteiger partial charge in [0.15, 0.2) is 0 Å². The van der Waals surface area contributed by atoms with Crippen molar-refractivity contribution in [2.24, 2.45) is 0 Å². The summed E-state index contributed by atoms with van der Waals surface area (Å²) >= 11 is 0. The van der Waals surface area contributed by atoms with Gasteiger partial charge in [-0.15, -0.1) is 0 Å². The Kier molecular flexibility index (Phi) is 20.8. The number of carbonyl (C=O) groups is 1. The molecule has 0 bridgehead atoms. The van der Waals surface area contributed by atoms with E-state index in [1.54, 1.807) is 0 Å². The first-order chi connectivity index (χ1) is 15.3. The zero-order chi connectivity index (χ0) is 24.1. The number of ether oxygens (including phenoxy) is 1. The standard InChI is InChI=1S/C24H50NO6P/c1-5-6-7-8-9-10-11-12-13-14-15-16-17-18-24(27)29-21-23(26)22-31-32(4,28)30-20-19-25(2)3/h23,26H,5-22H2,1-4H3. The van der Waals surface area contributed by atoms with Gasteiger partial charge in [0.1, 0.15) is 12.7 Å². The largest absolute Gasteiger partial charge is 0.463 e. The van der Waals surface area contributed by atoms with E-state index in [0.29, 0.717) is 13.0 Å². The van der Waals surface area contributed by atoms with Crippen LogP contribution in [0.15, 0.2) is 0 Å². The van der Waals surface area contributed by atoms with Crippen LogP contribution in [0, 0.1) is 0 Å². The number of hydrogen-bond acceptors (Lipinski definition) is 7. The predicted molar refractivity (Wildman–Crippen MR) is 131 cm³/mol. The molecule has 0 heterocycles. The molecule has 0 rings (SSSR count). The molecule has 0 amide bonds. The number of unbranched alkanes of at least 4 members (excludes halogenated alkanes) is 12. The van der Waals surface area contributed by atoms with Crippen LogP contribution in [-0.4, -0.2) is 69.2 Å². The number of hydrogen-bond donors (Lipinski definition) is 1. The Morgan fingerprint density at radius 3 is 1.84 bits per heavy atom. The summed E-state index contributed by atoms with van der Waals surface area (Å²) in [5.74, 6) is -0.311. The van der Waals surface area contributed by atoms with Gasteiger partial charge in [-0.2, -0.15) is 0 Å². The summed E-state index contributed by atoms with van der Waals surface area (Å²) in [4.78, 5) is 13.7. The topological polar surface area (TPSA) is 85.3 Å². The highest BCUT2D eigenvalue weighted by molar-refractivity contribution is 7.52. The molecule has 0 saturated heterocycles. The molecule has 0 radical (unpaired) electrons. The quantitative estimate of drug-likeness (QED) is 0.113. The van der Waals surface area contributed by atoms with E-state index in [9.17, 15) is 14.5 Å². The Morgan fingerprint density at radius 2 is 1.34 bits per heavy atom. The van der Waals surface area contributed by atoms with Gasteiger partial charge in [0.2, 0.25) is 0 Å². The summed E-state index contributed by atoms with van der Waals surface area (Å²) in [7, 11) is 0.559. The van der Waals surface area contributed by atoms with E-state index in [1.165, 1.54) is 70.9 Å². The molecule has 1 N–H and O–H groups in total. The molecular weight excluding hydrogens is 429 g/mol. The van der Waals surface area contributed by atoms with E-state index in [0.717, 1.165) is 19.3 Å². The molecule has 0 aromatic heterocycles. The highest BCUT2D eigenvalue weighted by Gasteiger charge is 2.20. The van der Waals surface area contributed by atoms with Gasteiger partial charge in [-0.3, -0.25) is 9.36 Å². The molecule has 7 nitrogen and oxygen atoms in total. The lowest BCUT2D eigenvalue weighted by atomic mass is 10.0. The molecule has 0 fully saturated rings. The lowest BCUT2D eigenvalue weighted by Gasteiger charge is -2.18. The molecule has 0 spiro atoms. The number of carbonyl (C=O) groups excluding carboxylic acids is 1. The highest BCUT2D eigenvalue weighted by Crippen LogP contribution is 2.43. The van der Waals surface area contributed by atoms with Crippen molar-refractivity contribution in [2.75, 3.05) is 47.1 Å². The van der Waals surface area contributed by atoms with E-state index in [2.05, 4.69) is 6.92 Å². The van der Waals surface area contributed by atoms with Crippen molar-refractivity contribution in [3.8, 4) is 0 Å². The molecule has 0 aliphatic carbocycles. The Morgan fingerprint density at radius 1 is 0.844 bits per heavy atom. The average molecular weight is 480 g/mol. The van der Waals surface area contributed by atoms with Gasteiger partial charge >= 0.3 is 13.6 Å². The molecular formula is C24H50NO6P. The average Bonchev–Trinajstić information content (AvgIpc) is 2.73. The molecule has 192 valence electrons. The summed E-state index contributed by atoms with van der Waals surface area (Å²) in [6, 6.07) is 0. The Hall–Kier alpha value is -0.460. The Bertz CT molecular complexity index is 489. The first-order valence-corrected chi connectivity index (χ1v) is 14.6. The number of esters is 1.